The van der Waals surface area contributed by atoms with Crippen molar-refractivity contribution in [3.05, 3.63) is 20.8 Å². The number of hydrogen-bond acceptors (Lipinski definition) is 3. The van der Waals surface area contributed by atoms with E-state index in [-0.39, 0.29) is 0 Å². The molecule has 1 aromatic rings. The molecule has 2 rings (SSSR count). The van der Waals surface area contributed by atoms with Gasteiger partial charge >= 0.3 is 0 Å². The molecule has 0 amide bonds. The molecule has 4 heteroatoms. The zero-order chi connectivity index (χ0) is 10.7. The molecule has 2 nitrogen and oxygen atoms in total. The Kier molecular flexibility index (Phi) is 4.03. The largest absolute Gasteiger partial charge is 0.330 e. The van der Waals surface area contributed by atoms with E-state index >= 15 is 0 Å². The van der Waals surface area contributed by atoms with E-state index in [1.165, 1.54) is 29.7 Å². The third-order valence-corrected chi connectivity index (χ3v) is 4.19. The summed E-state index contributed by atoms with van der Waals surface area (Å²) in [4.78, 5) is 1.47. The van der Waals surface area contributed by atoms with Crippen molar-refractivity contribution < 1.29 is 0 Å². The Morgan fingerprint density at radius 2 is 2.47 bits per heavy atom. The zero-order valence-corrected chi connectivity index (χ0v) is 10.3. The van der Waals surface area contributed by atoms with Crippen molar-refractivity contribution in [3.63, 3.8) is 0 Å². The molecule has 84 valence electrons. The summed E-state index contributed by atoms with van der Waals surface area (Å²) >= 11 is 7.78. The Balaban J connectivity index is 2.01. The first-order valence-electron chi connectivity index (χ1n) is 5.53. The average Bonchev–Trinajstić information content (AvgIpc) is 2.59. The highest BCUT2D eigenvalue weighted by Crippen LogP contribution is 2.37. The van der Waals surface area contributed by atoms with Gasteiger partial charge in [0.25, 0.3) is 0 Å². The standard InChI is InChI=1S/C11H17ClN2S/c12-11-7-8-9(14-6-2-5-13)3-1-4-10(8)15-11/h7,9,14H,1-6,13H2. The highest BCUT2D eigenvalue weighted by Gasteiger charge is 2.21. The monoisotopic (exact) mass is 244 g/mol. The summed E-state index contributed by atoms with van der Waals surface area (Å²) in [5, 5.41) is 3.56. The van der Waals surface area contributed by atoms with Crippen LogP contribution in [-0.4, -0.2) is 13.1 Å². The predicted octanol–water partition coefficient (Wildman–Crippen LogP) is 2.72. The molecule has 3 N–H and O–H groups in total. The molecule has 0 radical (unpaired) electrons. The van der Waals surface area contributed by atoms with Crippen LogP contribution in [0.3, 0.4) is 0 Å². The molecule has 15 heavy (non-hydrogen) atoms. The Morgan fingerprint density at radius 1 is 1.60 bits per heavy atom. The highest BCUT2D eigenvalue weighted by atomic mass is 35.5. The minimum absolute atomic E-state index is 0.504. The van der Waals surface area contributed by atoms with Gasteiger partial charge in [-0.1, -0.05) is 11.6 Å². The van der Waals surface area contributed by atoms with Gasteiger partial charge in [0, 0.05) is 10.9 Å². The molecular formula is C11H17ClN2S. The Hall–Kier alpha value is -0.0900. The minimum atomic E-state index is 0.504. The SMILES string of the molecule is NCCCNC1CCCc2sc(Cl)cc21. The van der Waals surface area contributed by atoms with Gasteiger partial charge in [0.1, 0.15) is 0 Å². The summed E-state index contributed by atoms with van der Waals surface area (Å²) in [6.07, 6.45) is 4.74. The van der Waals surface area contributed by atoms with Crippen molar-refractivity contribution in [3.8, 4) is 0 Å². The molecule has 0 spiro atoms. The van der Waals surface area contributed by atoms with E-state index < -0.39 is 0 Å². The van der Waals surface area contributed by atoms with E-state index in [4.69, 9.17) is 17.3 Å². The van der Waals surface area contributed by atoms with Crippen LogP contribution in [0.1, 0.15) is 35.7 Å². The molecule has 0 aliphatic heterocycles. The van der Waals surface area contributed by atoms with E-state index in [2.05, 4.69) is 11.4 Å². The lowest BCUT2D eigenvalue weighted by Gasteiger charge is -2.23. The minimum Gasteiger partial charge on any atom is -0.330 e. The lowest BCUT2D eigenvalue weighted by atomic mass is 9.94. The van der Waals surface area contributed by atoms with Crippen LogP contribution in [0.15, 0.2) is 6.07 Å². The summed E-state index contributed by atoms with van der Waals surface area (Å²) in [5.41, 5.74) is 6.91. The first kappa shape index (κ1) is 11.4. The van der Waals surface area contributed by atoms with E-state index in [0.29, 0.717) is 6.04 Å². The fourth-order valence-corrected chi connectivity index (χ4v) is 3.50. The number of nitrogens with one attached hydrogen (secondary N) is 1. The van der Waals surface area contributed by atoms with Crippen LogP contribution in [-0.2, 0) is 6.42 Å². The number of hydrogen-bond donors (Lipinski definition) is 2. The molecule has 1 heterocycles. The predicted molar refractivity (Wildman–Crippen MR) is 66.7 cm³/mol. The summed E-state index contributed by atoms with van der Waals surface area (Å²) in [5.74, 6) is 0. The summed E-state index contributed by atoms with van der Waals surface area (Å²) < 4.78 is 0.924. The fourth-order valence-electron chi connectivity index (χ4n) is 2.11. The number of aryl methyl sites for hydroxylation is 1. The topological polar surface area (TPSA) is 38.0 Å². The first-order chi connectivity index (χ1) is 7.31. The lowest BCUT2D eigenvalue weighted by Crippen LogP contribution is -2.26. The van der Waals surface area contributed by atoms with Gasteiger partial charge in [0.2, 0.25) is 0 Å². The van der Waals surface area contributed by atoms with Crippen LogP contribution in [0, 0.1) is 0 Å². The van der Waals surface area contributed by atoms with Crippen LogP contribution in [0.4, 0.5) is 0 Å². The van der Waals surface area contributed by atoms with Crippen molar-refractivity contribution in [1.29, 1.82) is 0 Å². The molecule has 1 aromatic heterocycles. The molecule has 0 saturated heterocycles. The molecule has 1 aliphatic rings. The van der Waals surface area contributed by atoms with Crippen LogP contribution in [0.25, 0.3) is 0 Å². The average molecular weight is 245 g/mol. The van der Waals surface area contributed by atoms with E-state index in [1.54, 1.807) is 11.3 Å². The number of fused-ring (bicyclic) bond motifs is 1. The number of halogens is 1. The molecule has 0 aromatic carbocycles. The Morgan fingerprint density at radius 3 is 3.27 bits per heavy atom. The quantitative estimate of drug-likeness (QED) is 0.800. The maximum absolute atomic E-state index is 6.05. The van der Waals surface area contributed by atoms with E-state index in [1.807, 2.05) is 0 Å². The Bertz CT molecular complexity index is 324. The van der Waals surface area contributed by atoms with Gasteiger partial charge in [0.05, 0.1) is 4.34 Å². The molecule has 0 fully saturated rings. The molecular weight excluding hydrogens is 228 g/mol. The van der Waals surface area contributed by atoms with Crippen LogP contribution in [0.5, 0.6) is 0 Å². The van der Waals surface area contributed by atoms with Crippen LogP contribution < -0.4 is 11.1 Å². The third kappa shape index (κ3) is 2.72. The van der Waals surface area contributed by atoms with Crippen molar-refractivity contribution in [1.82, 2.24) is 5.32 Å². The second kappa shape index (κ2) is 5.30. The summed E-state index contributed by atoms with van der Waals surface area (Å²) in [6.45, 7) is 1.77. The number of thiophene rings is 1. The molecule has 1 unspecified atom stereocenters. The summed E-state index contributed by atoms with van der Waals surface area (Å²) in [7, 11) is 0. The summed E-state index contributed by atoms with van der Waals surface area (Å²) in [6, 6.07) is 2.63. The molecule has 1 aliphatic carbocycles. The smallest absolute Gasteiger partial charge is 0.0934 e. The van der Waals surface area contributed by atoms with Crippen LogP contribution in [0.2, 0.25) is 4.34 Å². The fraction of sp³-hybridized carbons (Fsp3) is 0.636. The van der Waals surface area contributed by atoms with Crippen molar-refractivity contribution in [2.24, 2.45) is 5.73 Å². The molecule has 0 saturated carbocycles. The van der Waals surface area contributed by atoms with Crippen molar-refractivity contribution in [2.75, 3.05) is 13.1 Å². The second-order valence-corrected chi connectivity index (χ2v) is 5.74. The Labute approximate surface area is 99.8 Å². The number of nitrogens with two attached hydrogens (primary N) is 1. The van der Waals surface area contributed by atoms with Gasteiger partial charge in [0.15, 0.2) is 0 Å². The van der Waals surface area contributed by atoms with Gasteiger partial charge in [-0.2, -0.15) is 0 Å². The maximum atomic E-state index is 6.05. The van der Waals surface area contributed by atoms with Gasteiger partial charge in [-0.15, -0.1) is 11.3 Å². The van der Waals surface area contributed by atoms with Crippen LogP contribution >= 0.6 is 22.9 Å². The maximum Gasteiger partial charge on any atom is 0.0934 e. The van der Waals surface area contributed by atoms with Gasteiger partial charge in [-0.05, 0) is 50.4 Å². The second-order valence-electron chi connectivity index (χ2n) is 3.97. The van der Waals surface area contributed by atoms with Gasteiger partial charge in [-0.3, -0.25) is 0 Å². The van der Waals surface area contributed by atoms with Crippen molar-refractivity contribution in [2.45, 2.75) is 31.7 Å². The number of rotatable bonds is 4. The van der Waals surface area contributed by atoms with E-state index in [9.17, 15) is 0 Å². The third-order valence-electron chi connectivity index (χ3n) is 2.86. The highest BCUT2D eigenvalue weighted by molar-refractivity contribution is 7.16. The first-order valence-corrected chi connectivity index (χ1v) is 6.72. The van der Waals surface area contributed by atoms with Gasteiger partial charge < -0.3 is 11.1 Å². The zero-order valence-electron chi connectivity index (χ0n) is 8.76. The van der Waals surface area contributed by atoms with Crippen molar-refractivity contribution >= 4 is 22.9 Å². The molecule has 0 bridgehead atoms. The lowest BCUT2D eigenvalue weighted by molar-refractivity contribution is 0.461. The van der Waals surface area contributed by atoms with Gasteiger partial charge in [-0.25, -0.2) is 0 Å². The normalized spacial score (nSPS) is 20.3. The van der Waals surface area contributed by atoms with E-state index in [0.717, 1.165) is 23.8 Å². The molecule has 1 atom stereocenters.